The fraction of sp³-hybridized carbons (Fsp3) is 0. The Labute approximate surface area is 319 Å². The van der Waals surface area contributed by atoms with Gasteiger partial charge in [0, 0.05) is 41.9 Å². The van der Waals surface area contributed by atoms with Gasteiger partial charge in [-0.25, -0.2) is 0 Å². The normalized spacial score (nSPS) is 11.3. The van der Waals surface area contributed by atoms with Crippen molar-refractivity contribution in [2.45, 2.75) is 0 Å². The van der Waals surface area contributed by atoms with Gasteiger partial charge >= 0.3 is 0 Å². The number of halogens is 2. The first-order valence-corrected chi connectivity index (χ1v) is 18.9. The number of hydrogen-bond donors (Lipinski definition) is 0. The minimum atomic E-state index is 1.10. The molecule has 0 spiro atoms. The highest BCUT2D eigenvalue weighted by molar-refractivity contribution is 9.10. The molecule has 4 heteroatoms. The number of benzene rings is 8. The quantitative estimate of drug-likeness (QED) is 0.168. The lowest BCUT2D eigenvalue weighted by atomic mass is 10.1. The van der Waals surface area contributed by atoms with Crippen LogP contribution in [0.3, 0.4) is 0 Å². The smallest absolute Gasteiger partial charge is 0.0541 e. The first kappa shape index (κ1) is 32.2. The molecule has 248 valence electrons. The Bertz CT molecular complexity index is 2560. The van der Waals surface area contributed by atoms with Gasteiger partial charge in [-0.15, -0.1) is 0 Å². The number of para-hydroxylation sites is 4. The minimum Gasteiger partial charge on any atom is -0.309 e. The van der Waals surface area contributed by atoms with E-state index in [9.17, 15) is 0 Å². The van der Waals surface area contributed by atoms with Crippen molar-refractivity contribution in [2.75, 3.05) is 0 Å². The molecule has 2 heterocycles. The van der Waals surface area contributed by atoms with Gasteiger partial charge in [0.2, 0.25) is 0 Å². The Kier molecular flexibility index (Phi) is 8.56. The second-order valence-corrected chi connectivity index (χ2v) is 14.7. The van der Waals surface area contributed by atoms with Crippen molar-refractivity contribution in [1.82, 2.24) is 9.13 Å². The van der Waals surface area contributed by atoms with Gasteiger partial charge in [-0.1, -0.05) is 153 Å². The molecule has 0 aliphatic carbocycles. The lowest BCUT2D eigenvalue weighted by molar-refractivity contribution is 1.18. The lowest BCUT2D eigenvalue weighted by Crippen LogP contribution is -1.94. The molecule has 2 aromatic heterocycles. The zero-order valence-electron chi connectivity index (χ0n) is 28.1. The fourth-order valence-corrected chi connectivity index (χ4v) is 7.86. The summed E-state index contributed by atoms with van der Waals surface area (Å²) in [6.45, 7) is 0. The van der Waals surface area contributed by atoms with E-state index in [1.54, 1.807) is 0 Å². The van der Waals surface area contributed by atoms with Crippen molar-refractivity contribution in [3.05, 3.63) is 203 Å². The third-order valence-electron chi connectivity index (χ3n) is 9.72. The monoisotopic (exact) mass is 794 g/mol. The van der Waals surface area contributed by atoms with E-state index in [0.717, 1.165) is 8.95 Å². The third kappa shape index (κ3) is 5.94. The van der Waals surface area contributed by atoms with Crippen LogP contribution in [0.2, 0.25) is 0 Å². The van der Waals surface area contributed by atoms with E-state index in [1.165, 1.54) is 77.2 Å². The lowest BCUT2D eigenvalue weighted by Gasteiger charge is -2.10. The van der Waals surface area contributed by atoms with Crippen LogP contribution in [0.15, 0.2) is 203 Å². The van der Waals surface area contributed by atoms with E-state index < -0.39 is 0 Å². The average molecular weight is 797 g/mol. The number of aromatic nitrogens is 2. The fourth-order valence-electron chi connectivity index (χ4n) is 7.34. The van der Waals surface area contributed by atoms with Crippen LogP contribution >= 0.6 is 31.9 Å². The van der Waals surface area contributed by atoms with Crippen molar-refractivity contribution in [2.24, 2.45) is 0 Å². The standard InChI is InChI=1S/2C24H16BrN/c2*25-19-14-12-17(13-15-19)18-6-5-7-20(16-18)26-23-10-3-1-8-21(23)22-9-2-4-11-24(22)26/h2*1-16H. The molecule has 10 aromatic rings. The van der Waals surface area contributed by atoms with Crippen LogP contribution in [0.5, 0.6) is 0 Å². The second-order valence-electron chi connectivity index (χ2n) is 12.9. The molecule has 0 saturated carbocycles. The Balaban J connectivity index is 0.000000138. The number of hydrogen-bond acceptors (Lipinski definition) is 0. The van der Waals surface area contributed by atoms with Gasteiger partial charge < -0.3 is 9.13 Å². The van der Waals surface area contributed by atoms with Crippen molar-refractivity contribution < 1.29 is 0 Å². The first-order valence-electron chi connectivity index (χ1n) is 17.3. The average Bonchev–Trinajstić information content (AvgIpc) is 3.72. The molecular weight excluding hydrogens is 764 g/mol. The predicted octanol–water partition coefficient (Wildman–Crippen LogP) is 14.4. The first-order chi connectivity index (χ1) is 25.6. The zero-order valence-corrected chi connectivity index (χ0v) is 31.3. The van der Waals surface area contributed by atoms with E-state index in [-0.39, 0.29) is 0 Å². The van der Waals surface area contributed by atoms with Crippen LogP contribution in [0.25, 0.3) is 77.2 Å². The molecule has 0 aliphatic rings. The predicted molar refractivity (Wildman–Crippen MR) is 228 cm³/mol. The Morgan fingerprint density at radius 1 is 0.269 bits per heavy atom. The summed E-state index contributed by atoms with van der Waals surface area (Å²) >= 11 is 7.03. The largest absolute Gasteiger partial charge is 0.309 e. The van der Waals surface area contributed by atoms with E-state index in [0.29, 0.717) is 0 Å². The van der Waals surface area contributed by atoms with E-state index >= 15 is 0 Å². The molecule has 8 aromatic carbocycles. The molecule has 0 fully saturated rings. The molecule has 0 amide bonds. The highest BCUT2D eigenvalue weighted by Crippen LogP contribution is 2.35. The molecule has 0 atom stereocenters. The van der Waals surface area contributed by atoms with Gasteiger partial charge in [0.05, 0.1) is 22.1 Å². The Morgan fingerprint density at radius 2 is 0.577 bits per heavy atom. The van der Waals surface area contributed by atoms with Gasteiger partial charge in [0.15, 0.2) is 0 Å². The molecule has 0 N–H and O–H groups in total. The van der Waals surface area contributed by atoms with Crippen LogP contribution in [0.4, 0.5) is 0 Å². The molecule has 2 nitrogen and oxygen atoms in total. The second kappa shape index (κ2) is 13.8. The maximum Gasteiger partial charge on any atom is 0.0541 e. The molecule has 0 saturated heterocycles. The van der Waals surface area contributed by atoms with Crippen molar-refractivity contribution >= 4 is 75.5 Å². The van der Waals surface area contributed by atoms with Gasteiger partial charge in [-0.05, 0) is 95.1 Å². The molecule has 0 unspecified atom stereocenters. The summed E-state index contributed by atoms with van der Waals surface area (Å²) in [5, 5.41) is 5.16. The van der Waals surface area contributed by atoms with Crippen LogP contribution < -0.4 is 0 Å². The summed E-state index contributed by atoms with van der Waals surface area (Å²) < 4.78 is 6.90. The zero-order chi connectivity index (χ0) is 35.0. The summed E-state index contributed by atoms with van der Waals surface area (Å²) in [5.74, 6) is 0. The van der Waals surface area contributed by atoms with Crippen molar-refractivity contribution in [3.8, 4) is 33.6 Å². The van der Waals surface area contributed by atoms with Gasteiger partial charge in [-0.2, -0.15) is 0 Å². The van der Waals surface area contributed by atoms with Crippen LogP contribution in [-0.2, 0) is 0 Å². The summed E-state index contributed by atoms with van der Waals surface area (Å²) in [6.07, 6.45) is 0. The summed E-state index contributed by atoms with van der Waals surface area (Å²) in [7, 11) is 0. The van der Waals surface area contributed by atoms with Crippen LogP contribution in [-0.4, -0.2) is 9.13 Å². The van der Waals surface area contributed by atoms with Crippen molar-refractivity contribution in [1.29, 1.82) is 0 Å². The summed E-state index contributed by atoms with van der Waals surface area (Å²) in [4.78, 5) is 0. The number of nitrogens with zero attached hydrogens (tertiary/aromatic N) is 2. The molecular formula is C48H32Br2N2. The number of rotatable bonds is 4. The van der Waals surface area contributed by atoms with Crippen LogP contribution in [0, 0.1) is 0 Å². The highest BCUT2D eigenvalue weighted by Gasteiger charge is 2.13. The van der Waals surface area contributed by atoms with Crippen molar-refractivity contribution in [3.63, 3.8) is 0 Å². The third-order valence-corrected chi connectivity index (χ3v) is 10.8. The SMILES string of the molecule is Brc1ccc(-c2cccc(-n3c4ccccc4c4ccccc43)c2)cc1.Brc1ccc(-c2cccc(-n3c4ccccc4c4ccccc43)c2)cc1. The Morgan fingerprint density at radius 3 is 0.904 bits per heavy atom. The maximum absolute atomic E-state index is 3.51. The number of fused-ring (bicyclic) bond motifs is 6. The molecule has 0 radical (unpaired) electrons. The highest BCUT2D eigenvalue weighted by atomic mass is 79.9. The molecule has 0 aliphatic heterocycles. The van der Waals surface area contributed by atoms with E-state index in [2.05, 4.69) is 235 Å². The maximum atomic E-state index is 3.51. The minimum absolute atomic E-state index is 1.10. The topological polar surface area (TPSA) is 9.86 Å². The molecule has 0 bridgehead atoms. The molecule has 10 rings (SSSR count). The van der Waals surface area contributed by atoms with Gasteiger partial charge in [0.1, 0.15) is 0 Å². The van der Waals surface area contributed by atoms with Crippen LogP contribution in [0.1, 0.15) is 0 Å². The summed E-state index contributed by atoms with van der Waals surface area (Å²) in [5.41, 5.74) is 12.2. The van der Waals surface area contributed by atoms with E-state index in [4.69, 9.17) is 0 Å². The summed E-state index contributed by atoms with van der Waals surface area (Å²) in [6, 6.07) is 68.9. The Hall–Kier alpha value is -5.68. The van der Waals surface area contributed by atoms with Gasteiger partial charge in [0.25, 0.3) is 0 Å². The van der Waals surface area contributed by atoms with E-state index in [1.807, 2.05) is 0 Å². The molecule has 52 heavy (non-hydrogen) atoms. The van der Waals surface area contributed by atoms with Gasteiger partial charge in [-0.3, -0.25) is 0 Å².